The molecule has 0 saturated carbocycles. The van der Waals surface area contributed by atoms with Gasteiger partial charge in [0.15, 0.2) is 0 Å². The summed E-state index contributed by atoms with van der Waals surface area (Å²) in [6, 6.07) is 7.89. The van der Waals surface area contributed by atoms with Gasteiger partial charge in [0.05, 0.1) is 13.2 Å². The lowest BCUT2D eigenvalue weighted by Gasteiger charge is -2.25. The standard InChI is InChI=1S/C18H27N3O3/c1-13(2)17(22)19-10-11-20-18(23)21-12-4-5-16(21)14-6-8-15(24-3)9-7-14/h6-9,13,16H,4-5,10-12H2,1-3H3,(H,19,22)(H,20,23). The quantitative estimate of drug-likeness (QED) is 0.785. The molecule has 1 unspecified atom stereocenters. The zero-order valence-electron chi connectivity index (χ0n) is 14.7. The molecular formula is C18H27N3O3. The van der Waals surface area contributed by atoms with Crippen LogP contribution in [0, 0.1) is 5.92 Å². The predicted octanol–water partition coefficient (Wildman–Crippen LogP) is 2.31. The van der Waals surface area contributed by atoms with E-state index in [1.54, 1.807) is 7.11 Å². The molecule has 1 aliphatic rings. The van der Waals surface area contributed by atoms with Gasteiger partial charge in [0.25, 0.3) is 0 Å². The van der Waals surface area contributed by atoms with Gasteiger partial charge in [0.2, 0.25) is 5.91 Å². The van der Waals surface area contributed by atoms with Crippen molar-refractivity contribution >= 4 is 11.9 Å². The number of urea groups is 1. The van der Waals surface area contributed by atoms with Gasteiger partial charge in [-0.25, -0.2) is 4.79 Å². The molecule has 2 N–H and O–H groups in total. The number of methoxy groups -OCH3 is 1. The Balaban J connectivity index is 1.85. The summed E-state index contributed by atoms with van der Waals surface area (Å²) in [5, 5.41) is 5.69. The SMILES string of the molecule is COc1ccc(C2CCCN2C(=O)NCCNC(=O)C(C)C)cc1. The van der Waals surface area contributed by atoms with Crippen molar-refractivity contribution in [3.05, 3.63) is 29.8 Å². The normalized spacial score (nSPS) is 17.0. The zero-order chi connectivity index (χ0) is 17.5. The van der Waals surface area contributed by atoms with Gasteiger partial charge in [0, 0.05) is 25.6 Å². The molecule has 0 spiro atoms. The summed E-state index contributed by atoms with van der Waals surface area (Å²) >= 11 is 0. The molecule has 1 atom stereocenters. The number of hydrogen-bond acceptors (Lipinski definition) is 3. The topological polar surface area (TPSA) is 70.7 Å². The molecule has 0 bridgehead atoms. The van der Waals surface area contributed by atoms with Gasteiger partial charge >= 0.3 is 6.03 Å². The van der Waals surface area contributed by atoms with Crippen LogP contribution in [-0.2, 0) is 4.79 Å². The van der Waals surface area contributed by atoms with E-state index in [4.69, 9.17) is 4.74 Å². The minimum Gasteiger partial charge on any atom is -0.497 e. The number of carbonyl (C=O) groups is 2. The molecule has 0 aromatic heterocycles. The van der Waals surface area contributed by atoms with Crippen molar-refractivity contribution in [3.8, 4) is 5.75 Å². The summed E-state index contributed by atoms with van der Waals surface area (Å²) in [7, 11) is 1.64. The van der Waals surface area contributed by atoms with Crippen molar-refractivity contribution in [2.45, 2.75) is 32.7 Å². The molecule has 3 amide bonds. The monoisotopic (exact) mass is 333 g/mol. The van der Waals surface area contributed by atoms with Gasteiger partial charge in [-0.3, -0.25) is 4.79 Å². The number of likely N-dealkylation sites (tertiary alicyclic amines) is 1. The largest absolute Gasteiger partial charge is 0.497 e. The summed E-state index contributed by atoms with van der Waals surface area (Å²) in [6.45, 7) is 5.32. The molecule has 1 fully saturated rings. The minimum atomic E-state index is -0.0767. The number of rotatable bonds is 6. The Morgan fingerprint density at radius 2 is 1.88 bits per heavy atom. The Kier molecular flexibility index (Phi) is 6.46. The second kappa shape index (κ2) is 8.57. The second-order valence-electron chi connectivity index (χ2n) is 6.30. The van der Waals surface area contributed by atoms with Gasteiger partial charge in [-0.05, 0) is 30.5 Å². The lowest BCUT2D eigenvalue weighted by atomic mass is 10.0. The Hall–Kier alpha value is -2.24. The molecule has 0 radical (unpaired) electrons. The Morgan fingerprint density at radius 1 is 1.21 bits per heavy atom. The summed E-state index contributed by atoms with van der Waals surface area (Å²) < 4.78 is 5.18. The van der Waals surface area contributed by atoms with Crippen LogP contribution in [-0.4, -0.2) is 43.6 Å². The van der Waals surface area contributed by atoms with E-state index < -0.39 is 0 Å². The van der Waals surface area contributed by atoms with Crippen LogP contribution in [0.15, 0.2) is 24.3 Å². The number of ether oxygens (including phenoxy) is 1. The lowest BCUT2D eigenvalue weighted by Crippen LogP contribution is -2.43. The number of hydrogen-bond donors (Lipinski definition) is 2. The van der Waals surface area contributed by atoms with E-state index in [1.165, 1.54) is 0 Å². The highest BCUT2D eigenvalue weighted by Gasteiger charge is 2.29. The molecule has 1 aromatic carbocycles. The highest BCUT2D eigenvalue weighted by molar-refractivity contribution is 5.78. The Labute approximate surface area is 143 Å². The van der Waals surface area contributed by atoms with E-state index >= 15 is 0 Å². The maximum Gasteiger partial charge on any atom is 0.317 e. The molecule has 6 heteroatoms. The maximum absolute atomic E-state index is 12.4. The number of carbonyl (C=O) groups excluding carboxylic acids is 2. The van der Waals surface area contributed by atoms with Crippen LogP contribution in [0.3, 0.4) is 0 Å². The Morgan fingerprint density at radius 3 is 2.50 bits per heavy atom. The average Bonchev–Trinajstić information content (AvgIpc) is 3.08. The summed E-state index contributed by atoms with van der Waals surface area (Å²) in [5.74, 6) is 0.772. The van der Waals surface area contributed by atoms with Crippen molar-refractivity contribution in [3.63, 3.8) is 0 Å². The van der Waals surface area contributed by atoms with E-state index in [-0.39, 0.29) is 23.9 Å². The van der Waals surface area contributed by atoms with Crippen molar-refractivity contribution in [2.24, 2.45) is 5.92 Å². The molecule has 1 saturated heterocycles. The van der Waals surface area contributed by atoms with Crippen molar-refractivity contribution in [1.29, 1.82) is 0 Å². The van der Waals surface area contributed by atoms with Crippen molar-refractivity contribution < 1.29 is 14.3 Å². The summed E-state index contributed by atoms with van der Waals surface area (Å²) in [6.07, 6.45) is 1.96. The first-order valence-corrected chi connectivity index (χ1v) is 8.49. The number of nitrogens with one attached hydrogen (secondary N) is 2. The molecule has 132 valence electrons. The van der Waals surface area contributed by atoms with E-state index in [0.717, 1.165) is 30.7 Å². The smallest absolute Gasteiger partial charge is 0.317 e. The van der Waals surface area contributed by atoms with Crippen LogP contribution in [0.4, 0.5) is 4.79 Å². The molecule has 0 aliphatic carbocycles. The molecule has 6 nitrogen and oxygen atoms in total. The molecule has 1 heterocycles. The highest BCUT2D eigenvalue weighted by atomic mass is 16.5. The second-order valence-corrected chi connectivity index (χ2v) is 6.30. The van der Waals surface area contributed by atoms with E-state index in [9.17, 15) is 9.59 Å². The van der Waals surface area contributed by atoms with Crippen molar-refractivity contribution in [2.75, 3.05) is 26.7 Å². The first kappa shape index (κ1) is 18.1. The van der Waals surface area contributed by atoms with Crippen LogP contribution in [0.1, 0.15) is 38.3 Å². The third kappa shape index (κ3) is 4.63. The van der Waals surface area contributed by atoms with Gasteiger partial charge in [-0.1, -0.05) is 26.0 Å². The van der Waals surface area contributed by atoms with E-state index in [1.807, 2.05) is 43.0 Å². The molecule has 1 aromatic rings. The summed E-state index contributed by atoms with van der Waals surface area (Å²) in [4.78, 5) is 25.8. The van der Waals surface area contributed by atoms with Crippen LogP contribution in [0.2, 0.25) is 0 Å². The first-order valence-electron chi connectivity index (χ1n) is 8.49. The van der Waals surface area contributed by atoms with Crippen LogP contribution in [0.25, 0.3) is 0 Å². The van der Waals surface area contributed by atoms with E-state index in [2.05, 4.69) is 10.6 Å². The van der Waals surface area contributed by atoms with E-state index in [0.29, 0.717) is 13.1 Å². The fourth-order valence-electron chi connectivity index (χ4n) is 2.84. The Bertz CT molecular complexity index is 557. The molecular weight excluding hydrogens is 306 g/mol. The fraction of sp³-hybridized carbons (Fsp3) is 0.556. The molecule has 2 rings (SSSR count). The molecule has 1 aliphatic heterocycles. The highest BCUT2D eigenvalue weighted by Crippen LogP contribution is 2.32. The maximum atomic E-state index is 12.4. The van der Waals surface area contributed by atoms with Crippen LogP contribution >= 0.6 is 0 Å². The van der Waals surface area contributed by atoms with Gasteiger partial charge in [-0.2, -0.15) is 0 Å². The first-order chi connectivity index (χ1) is 11.5. The third-order valence-corrected chi connectivity index (χ3v) is 4.24. The lowest BCUT2D eigenvalue weighted by molar-refractivity contribution is -0.123. The number of amides is 3. The summed E-state index contributed by atoms with van der Waals surface area (Å²) in [5.41, 5.74) is 1.12. The fourth-order valence-corrected chi connectivity index (χ4v) is 2.84. The predicted molar refractivity (Wildman–Crippen MR) is 92.9 cm³/mol. The van der Waals surface area contributed by atoms with Gasteiger partial charge < -0.3 is 20.3 Å². The van der Waals surface area contributed by atoms with Gasteiger partial charge in [-0.15, -0.1) is 0 Å². The average molecular weight is 333 g/mol. The van der Waals surface area contributed by atoms with Crippen molar-refractivity contribution in [1.82, 2.24) is 15.5 Å². The number of nitrogens with zero attached hydrogens (tertiary/aromatic N) is 1. The number of benzene rings is 1. The van der Waals surface area contributed by atoms with Crippen LogP contribution in [0.5, 0.6) is 5.75 Å². The zero-order valence-corrected chi connectivity index (χ0v) is 14.7. The molecule has 24 heavy (non-hydrogen) atoms. The minimum absolute atomic E-state index is 0.00142. The van der Waals surface area contributed by atoms with Gasteiger partial charge in [0.1, 0.15) is 5.75 Å². The van der Waals surface area contributed by atoms with Crippen LogP contribution < -0.4 is 15.4 Å². The third-order valence-electron chi connectivity index (χ3n) is 4.24.